The third kappa shape index (κ3) is 4.99. The number of carbonyl (C=O) groups is 3. The van der Waals surface area contributed by atoms with E-state index in [0.717, 1.165) is 4.90 Å². The number of hydrogen-bond acceptors (Lipinski definition) is 6. The summed E-state index contributed by atoms with van der Waals surface area (Å²) in [6.45, 7) is 2.27. The fourth-order valence-electron chi connectivity index (χ4n) is 4.76. The Morgan fingerprint density at radius 2 is 1.97 bits per heavy atom. The van der Waals surface area contributed by atoms with Gasteiger partial charge in [-0.1, -0.05) is 18.2 Å². The molecule has 0 aromatic heterocycles. The highest BCUT2D eigenvalue weighted by Gasteiger charge is 2.39. The van der Waals surface area contributed by atoms with Gasteiger partial charge in [-0.05, 0) is 44.0 Å². The fraction of sp³-hybridized carbons (Fsp3) is 0.444. The lowest BCUT2D eigenvalue weighted by Crippen LogP contribution is -2.52. The van der Waals surface area contributed by atoms with E-state index < -0.39 is 48.8 Å². The van der Waals surface area contributed by atoms with Crippen LogP contribution in [0.15, 0.2) is 36.4 Å². The van der Waals surface area contributed by atoms with E-state index in [1.54, 1.807) is 17.0 Å². The van der Waals surface area contributed by atoms with Gasteiger partial charge >= 0.3 is 0 Å². The summed E-state index contributed by atoms with van der Waals surface area (Å²) in [7, 11) is 0. The summed E-state index contributed by atoms with van der Waals surface area (Å²) in [6, 6.07) is 6.99. The number of carbonyl (C=O) groups excluding carboxylic acids is 3. The minimum atomic E-state index is -3.06. The van der Waals surface area contributed by atoms with Crippen LogP contribution in [0, 0.1) is 5.82 Å². The van der Waals surface area contributed by atoms with Gasteiger partial charge in [-0.25, -0.2) is 4.39 Å². The van der Waals surface area contributed by atoms with Crippen LogP contribution in [0.2, 0.25) is 0 Å². The molecule has 3 atom stereocenters. The van der Waals surface area contributed by atoms with Crippen molar-refractivity contribution in [3.05, 3.63) is 64.5 Å². The van der Waals surface area contributed by atoms with Crippen molar-refractivity contribution >= 4 is 23.4 Å². The second-order valence-electron chi connectivity index (χ2n) is 9.19. The Labute approximate surface area is 218 Å². The van der Waals surface area contributed by atoms with Crippen LogP contribution in [0.4, 0.5) is 10.1 Å². The second kappa shape index (κ2) is 9.99. The van der Waals surface area contributed by atoms with E-state index in [4.69, 9.17) is 13.0 Å². The first kappa shape index (κ1) is 18.0. The smallest absolute Gasteiger partial charge is 0.255 e. The topological polar surface area (TPSA) is 91.0 Å². The van der Waals surface area contributed by atoms with Crippen molar-refractivity contribution in [3.63, 3.8) is 0 Å². The first-order valence-electron chi connectivity index (χ1n) is 14.8. The van der Waals surface area contributed by atoms with Crippen LogP contribution in [0.5, 0.6) is 0 Å². The molecule has 3 unspecified atom stereocenters. The van der Waals surface area contributed by atoms with Crippen molar-refractivity contribution in [1.29, 1.82) is 0 Å². The zero-order valence-electron chi connectivity index (χ0n) is 25.9. The molecule has 3 aliphatic heterocycles. The van der Waals surface area contributed by atoms with Gasteiger partial charge in [-0.3, -0.25) is 24.6 Å². The summed E-state index contributed by atoms with van der Waals surface area (Å²) in [5.41, 5.74) is 1.41. The molecule has 3 heterocycles. The molecule has 2 saturated heterocycles. The first-order chi connectivity index (χ1) is 19.6. The Kier molecular flexibility index (Phi) is 5.00. The minimum Gasteiger partial charge on any atom is -0.381 e. The Balaban J connectivity index is 1.34. The summed E-state index contributed by atoms with van der Waals surface area (Å²) in [5, 5.41) is 4.90. The van der Waals surface area contributed by atoms with Crippen LogP contribution >= 0.6 is 0 Å². The molecular formula is C27H31FN4O4. The Morgan fingerprint density at radius 1 is 1.19 bits per heavy atom. The number of nitrogens with zero attached hydrogens (tertiary/aromatic N) is 2. The molecule has 2 aromatic carbocycles. The molecule has 5 rings (SSSR count). The molecule has 0 bridgehead atoms. The number of fused-ring (bicyclic) bond motifs is 1. The molecule has 8 nitrogen and oxygen atoms in total. The van der Waals surface area contributed by atoms with Crippen molar-refractivity contribution in [2.24, 2.45) is 0 Å². The summed E-state index contributed by atoms with van der Waals surface area (Å²) >= 11 is 0. The lowest BCUT2D eigenvalue weighted by atomic mass is 10.0. The van der Waals surface area contributed by atoms with E-state index in [2.05, 4.69) is 5.32 Å². The standard InChI is InChI=1S/C27H31FN4O4/c1-16-12-31(13-17(2)36-16)14-18-6-7-19(22(28)10-18)11-29-23-5-3-4-20-21(23)15-32(27(20)35)24-8-9-25(33)30-26(24)34/h3-7,10,16-17,24,29H,8-9,11-15H2,1-2H3,(H,30,33,34)/i8D2,9D2,14D2. The monoisotopic (exact) mass is 500 g/mol. The normalized spacial score (nSPS) is 30.2. The molecule has 0 aliphatic carbocycles. The number of benzene rings is 2. The number of morpholine rings is 1. The van der Waals surface area contributed by atoms with Gasteiger partial charge in [0, 0.05) is 69.7 Å². The third-order valence-corrected chi connectivity index (χ3v) is 6.34. The minimum absolute atomic E-state index is 0.0207. The molecule has 2 N–H and O–H groups in total. The summed E-state index contributed by atoms with van der Waals surface area (Å²) in [4.78, 5) is 40.4. The highest BCUT2D eigenvalue weighted by Crippen LogP contribution is 2.32. The maximum absolute atomic E-state index is 15.2. The molecule has 0 saturated carbocycles. The van der Waals surface area contributed by atoms with Gasteiger partial charge in [-0.2, -0.15) is 0 Å². The zero-order valence-corrected chi connectivity index (χ0v) is 19.9. The van der Waals surface area contributed by atoms with Gasteiger partial charge < -0.3 is 15.0 Å². The van der Waals surface area contributed by atoms with Crippen molar-refractivity contribution < 1.29 is 31.7 Å². The SMILES string of the molecule is [2H]C([2H])(c1ccc(CNc2cccc3c2CN(C2C(=O)NC(=O)C([2H])([2H])C2([2H])[2H])C3=O)c(F)c1)N1CC(C)OC(C)C1. The van der Waals surface area contributed by atoms with E-state index in [1.807, 2.05) is 19.2 Å². The van der Waals surface area contributed by atoms with E-state index in [0.29, 0.717) is 24.3 Å². The van der Waals surface area contributed by atoms with Gasteiger partial charge in [0.25, 0.3) is 5.91 Å². The number of piperidine rings is 1. The zero-order chi connectivity index (χ0) is 30.8. The number of amides is 3. The number of halogens is 1. The molecule has 3 aliphatic rings. The van der Waals surface area contributed by atoms with E-state index in [9.17, 15) is 14.4 Å². The number of anilines is 1. The molecule has 190 valence electrons. The molecule has 9 heteroatoms. The molecule has 0 radical (unpaired) electrons. The van der Waals surface area contributed by atoms with Crippen LogP contribution < -0.4 is 10.6 Å². The summed E-state index contributed by atoms with van der Waals surface area (Å²) in [6.07, 6.45) is -6.38. The number of ether oxygens (including phenoxy) is 1. The van der Waals surface area contributed by atoms with E-state index >= 15 is 4.39 Å². The highest BCUT2D eigenvalue weighted by molar-refractivity contribution is 6.06. The number of imide groups is 1. The van der Waals surface area contributed by atoms with E-state index in [1.165, 1.54) is 24.3 Å². The van der Waals surface area contributed by atoms with Crippen LogP contribution in [-0.2, 0) is 33.9 Å². The van der Waals surface area contributed by atoms with Crippen LogP contribution in [-0.4, -0.2) is 58.9 Å². The fourth-order valence-corrected chi connectivity index (χ4v) is 4.76. The molecule has 36 heavy (non-hydrogen) atoms. The molecule has 3 amide bonds. The Bertz CT molecular complexity index is 1450. The maximum atomic E-state index is 15.2. The Morgan fingerprint density at radius 3 is 2.72 bits per heavy atom. The van der Waals surface area contributed by atoms with Gasteiger partial charge in [0.2, 0.25) is 11.8 Å². The number of rotatable bonds is 6. The lowest BCUT2D eigenvalue weighted by Gasteiger charge is -2.35. The van der Waals surface area contributed by atoms with Gasteiger partial charge in [-0.15, -0.1) is 0 Å². The quantitative estimate of drug-likeness (QED) is 0.593. The predicted molar refractivity (Wildman–Crippen MR) is 131 cm³/mol. The molecule has 2 aromatic rings. The number of nitrogens with one attached hydrogen (secondary N) is 2. The Hall–Kier alpha value is -3.30. The van der Waals surface area contributed by atoms with Gasteiger partial charge in [0.15, 0.2) is 0 Å². The largest absolute Gasteiger partial charge is 0.381 e. The van der Waals surface area contributed by atoms with Crippen molar-refractivity contribution in [2.45, 2.75) is 64.4 Å². The lowest BCUT2D eigenvalue weighted by molar-refractivity contribution is -0.136. The van der Waals surface area contributed by atoms with Gasteiger partial charge in [0.1, 0.15) is 11.9 Å². The number of hydrogen-bond donors (Lipinski definition) is 2. The second-order valence-corrected chi connectivity index (χ2v) is 9.19. The van der Waals surface area contributed by atoms with Crippen molar-refractivity contribution in [1.82, 2.24) is 15.1 Å². The predicted octanol–water partition coefficient (Wildman–Crippen LogP) is 2.81. The van der Waals surface area contributed by atoms with Gasteiger partial charge in [0.05, 0.1) is 12.2 Å². The van der Waals surface area contributed by atoms with Crippen molar-refractivity contribution in [3.8, 4) is 0 Å². The average molecular weight is 501 g/mol. The molecule has 2 fully saturated rings. The first-order valence-corrected chi connectivity index (χ1v) is 11.8. The van der Waals surface area contributed by atoms with Crippen LogP contribution in [0.3, 0.4) is 0 Å². The van der Waals surface area contributed by atoms with Crippen molar-refractivity contribution in [2.75, 3.05) is 18.4 Å². The van der Waals surface area contributed by atoms with E-state index in [-0.39, 0.29) is 42.0 Å². The average Bonchev–Trinajstić information content (AvgIpc) is 3.22. The molecular weight excluding hydrogens is 463 g/mol. The maximum Gasteiger partial charge on any atom is 0.255 e. The van der Waals surface area contributed by atoms with Crippen LogP contribution in [0.25, 0.3) is 0 Å². The third-order valence-electron chi connectivity index (χ3n) is 6.34. The molecule has 0 spiro atoms. The van der Waals surface area contributed by atoms with Crippen LogP contribution in [0.1, 0.15) is 61.9 Å². The highest BCUT2D eigenvalue weighted by atomic mass is 19.1. The summed E-state index contributed by atoms with van der Waals surface area (Å²) < 4.78 is 70.5. The summed E-state index contributed by atoms with van der Waals surface area (Å²) in [5.74, 6) is -3.84.